The Balaban J connectivity index is 0.00000351. The molecule has 0 saturated heterocycles. The van der Waals surface area contributed by atoms with E-state index in [0.29, 0.717) is 0 Å². The zero-order valence-corrected chi connectivity index (χ0v) is 29.4. The van der Waals surface area contributed by atoms with Crippen LogP contribution in [0.4, 0.5) is 17.1 Å². The summed E-state index contributed by atoms with van der Waals surface area (Å²) < 4.78 is 2.46. The molecule has 3 aromatic heterocycles. The summed E-state index contributed by atoms with van der Waals surface area (Å²) in [4.78, 5) is 11.9. The summed E-state index contributed by atoms with van der Waals surface area (Å²) in [6, 6.07) is 49.9. The minimum Gasteiger partial charge on any atom is -0.346 e. The average molecular weight is 805 g/mol. The Bertz CT molecular complexity index is 2370. The van der Waals surface area contributed by atoms with Gasteiger partial charge in [0.2, 0.25) is 0 Å². The molecule has 230 valence electrons. The van der Waals surface area contributed by atoms with Gasteiger partial charge in [0.25, 0.3) is 0 Å². The molecule has 0 radical (unpaired) electrons. The second kappa shape index (κ2) is 12.5. The van der Waals surface area contributed by atoms with Crippen LogP contribution in [-0.4, -0.2) is 9.97 Å². The van der Waals surface area contributed by atoms with E-state index in [9.17, 15) is 0 Å². The summed E-state index contributed by atoms with van der Waals surface area (Å²) in [5.41, 5.74) is 7.89. The molecule has 0 aliphatic heterocycles. The molecule has 3 heterocycles. The average Bonchev–Trinajstić information content (AvgIpc) is 3.49. The van der Waals surface area contributed by atoms with Gasteiger partial charge in [-0.15, -0.1) is 71.0 Å². The molecule has 0 aliphatic carbocycles. The standard InChI is InChI=1S/C42H31N3S.Pt/c1-42(2,3)31-21-23-43-38(27-31)29-12-9-16-33(25-29)45(32-14-5-4-6-15-32)34-17-10-13-30(26-34)39-41-37(22-24-44-39)36-20-19-28-11-7-8-18-35(28)40(36)46-41;/h4-24,27H,1-3H3;/q-2;+2. The quantitative estimate of drug-likeness (QED) is 0.162. The van der Waals surface area contributed by atoms with Crippen molar-refractivity contribution in [3.05, 3.63) is 151 Å². The molecule has 0 bridgehead atoms. The fourth-order valence-corrected chi connectivity index (χ4v) is 7.45. The number of fused-ring (bicyclic) bond motifs is 5. The topological polar surface area (TPSA) is 29.0 Å². The van der Waals surface area contributed by atoms with E-state index in [1.165, 1.54) is 36.5 Å². The molecule has 8 aromatic rings. The fourth-order valence-electron chi connectivity index (χ4n) is 6.11. The summed E-state index contributed by atoms with van der Waals surface area (Å²) in [5.74, 6) is 0. The molecule has 0 saturated carbocycles. The predicted octanol–water partition coefficient (Wildman–Crippen LogP) is 11.7. The van der Waals surface area contributed by atoms with Gasteiger partial charge in [-0.25, -0.2) is 0 Å². The van der Waals surface area contributed by atoms with Crippen molar-refractivity contribution in [3.8, 4) is 22.5 Å². The zero-order chi connectivity index (χ0) is 31.3. The molecular weight excluding hydrogens is 774 g/mol. The van der Waals surface area contributed by atoms with Crippen molar-refractivity contribution >= 4 is 59.3 Å². The van der Waals surface area contributed by atoms with Crippen LogP contribution in [0, 0.1) is 12.1 Å². The van der Waals surface area contributed by atoms with Crippen molar-refractivity contribution in [2.75, 3.05) is 4.90 Å². The Kier molecular flexibility index (Phi) is 8.26. The minimum absolute atomic E-state index is 0. The third-order valence-electron chi connectivity index (χ3n) is 8.49. The molecule has 0 aliphatic rings. The Morgan fingerprint density at radius 1 is 0.596 bits per heavy atom. The van der Waals surface area contributed by atoms with Crippen molar-refractivity contribution in [1.29, 1.82) is 0 Å². The molecule has 5 aromatic carbocycles. The Hall–Kier alpha value is -4.63. The third-order valence-corrected chi connectivity index (χ3v) is 9.75. The van der Waals surface area contributed by atoms with E-state index < -0.39 is 0 Å². The molecule has 0 atom stereocenters. The van der Waals surface area contributed by atoms with E-state index >= 15 is 0 Å². The maximum Gasteiger partial charge on any atom is 2.00 e. The smallest absolute Gasteiger partial charge is 0.346 e. The van der Waals surface area contributed by atoms with Crippen LogP contribution >= 0.6 is 11.3 Å². The molecule has 3 nitrogen and oxygen atoms in total. The summed E-state index contributed by atoms with van der Waals surface area (Å²) in [6.07, 6.45) is 3.82. The number of hydrogen-bond acceptors (Lipinski definition) is 4. The first-order valence-corrected chi connectivity index (χ1v) is 16.3. The normalized spacial score (nSPS) is 11.6. The number of aromatic nitrogens is 2. The van der Waals surface area contributed by atoms with Gasteiger partial charge in [0.05, 0.1) is 0 Å². The number of hydrogen-bond donors (Lipinski definition) is 0. The Morgan fingerprint density at radius 2 is 1.28 bits per heavy atom. The van der Waals surface area contributed by atoms with Crippen LogP contribution in [0.5, 0.6) is 0 Å². The number of pyridine rings is 2. The number of thiophene rings is 1. The van der Waals surface area contributed by atoms with Crippen molar-refractivity contribution in [2.45, 2.75) is 26.2 Å². The van der Waals surface area contributed by atoms with E-state index in [2.05, 4.69) is 153 Å². The molecule has 0 spiro atoms. The van der Waals surface area contributed by atoms with Gasteiger partial charge in [0.1, 0.15) is 0 Å². The second-order valence-electron chi connectivity index (χ2n) is 12.6. The van der Waals surface area contributed by atoms with E-state index in [0.717, 1.165) is 39.6 Å². The van der Waals surface area contributed by atoms with Crippen LogP contribution < -0.4 is 4.90 Å². The van der Waals surface area contributed by atoms with E-state index in [-0.39, 0.29) is 26.5 Å². The summed E-state index contributed by atoms with van der Waals surface area (Å²) in [7, 11) is 0. The first-order valence-electron chi connectivity index (χ1n) is 15.5. The van der Waals surface area contributed by atoms with Crippen molar-refractivity contribution in [1.82, 2.24) is 9.97 Å². The monoisotopic (exact) mass is 804 g/mol. The largest absolute Gasteiger partial charge is 2.00 e. The van der Waals surface area contributed by atoms with Crippen LogP contribution in [0.3, 0.4) is 0 Å². The third kappa shape index (κ3) is 5.77. The fraction of sp³-hybridized carbons (Fsp3) is 0.0952. The van der Waals surface area contributed by atoms with Gasteiger partial charge in [-0.1, -0.05) is 81.4 Å². The number of nitrogens with zero attached hydrogens (tertiary/aromatic N) is 3. The summed E-state index contributed by atoms with van der Waals surface area (Å²) in [6.45, 7) is 6.67. The van der Waals surface area contributed by atoms with Crippen LogP contribution in [0.1, 0.15) is 26.3 Å². The second-order valence-corrected chi connectivity index (χ2v) is 13.6. The maximum atomic E-state index is 4.92. The predicted molar refractivity (Wildman–Crippen MR) is 194 cm³/mol. The van der Waals surface area contributed by atoms with E-state index in [1.54, 1.807) is 0 Å². The number of anilines is 3. The molecule has 47 heavy (non-hydrogen) atoms. The molecule has 0 N–H and O–H groups in total. The van der Waals surface area contributed by atoms with Gasteiger partial charge in [0.15, 0.2) is 0 Å². The molecular formula is C42H31N3PtS. The first-order chi connectivity index (χ1) is 22.4. The van der Waals surface area contributed by atoms with Crippen LogP contribution in [0.15, 0.2) is 134 Å². The van der Waals surface area contributed by atoms with Gasteiger partial charge in [-0.3, -0.25) is 0 Å². The molecule has 5 heteroatoms. The van der Waals surface area contributed by atoms with Gasteiger partial charge < -0.3 is 14.9 Å². The zero-order valence-electron chi connectivity index (χ0n) is 26.3. The van der Waals surface area contributed by atoms with Gasteiger partial charge in [-0.2, -0.15) is 0 Å². The first kappa shape index (κ1) is 31.0. The molecule has 0 fully saturated rings. The van der Waals surface area contributed by atoms with Crippen LogP contribution in [0.25, 0.3) is 53.5 Å². The Labute approximate surface area is 293 Å². The number of rotatable bonds is 5. The van der Waals surface area contributed by atoms with Gasteiger partial charge >= 0.3 is 21.1 Å². The van der Waals surface area contributed by atoms with Crippen molar-refractivity contribution in [2.24, 2.45) is 0 Å². The van der Waals surface area contributed by atoms with E-state index in [4.69, 9.17) is 9.97 Å². The SMILES string of the molecule is CC(C)(C)c1ccnc(-c2[c-]c(N(c3[c-]c(-c4nccc5c4sc4c6ccccc6ccc54)ccc3)c3ccccc3)ccc2)c1.[Pt+2]. The number of para-hydroxylation sites is 1. The minimum atomic E-state index is 0. The maximum absolute atomic E-state index is 4.92. The molecule has 0 amide bonds. The number of benzene rings is 5. The summed E-state index contributed by atoms with van der Waals surface area (Å²) in [5, 5.41) is 5.01. The molecule has 8 rings (SSSR count). The summed E-state index contributed by atoms with van der Waals surface area (Å²) >= 11 is 1.81. The van der Waals surface area contributed by atoms with Crippen molar-refractivity contribution < 1.29 is 21.1 Å². The van der Waals surface area contributed by atoms with Crippen molar-refractivity contribution in [3.63, 3.8) is 0 Å². The molecule has 0 unspecified atom stereocenters. The van der Waals surface area contributed by atoms with E-state index in [1.807, 2.05) is 29.8 Å². The van der Waals surface area contributed by atoms with Crippen LogP contribution in [-0.2, 0) is 26.5 Å². The van der Waals surface area contributed by atoms with Gasteiger partial charge in [0, 0.05) is 38.6 Å². The van der Waals surface area contributed by atoms with Gasteiger partial charge in [-0.05, 0) is 68.5 Å². The van der Waals surface area contributed by atoms with Crippen LogP contribution in [0.2, 0.25) is 0 Å². The Morgan fingerprint density at radius 3 is 2.06 bits per heavy atom.